The Hall–Kier alpha value is -2.11. The summed E-state index contributed by atoms with van der Waals surface area (Å²) in [6.07, 6.45) is 9.05. The van der Waals surface area contributed by atoms with Gasteiger partial charge in [-0.2, -0.15) is 0 Å². The molecule has 3 aliphatic rings. The lowest BCUT2D eigenvalue weighted by Gasteiger charge is -2.26. The zero-order valence-electron chi connectivity index (χ0n) is 18.4. The number of benzene rings is 2. The standard InChI is InChI=1S/C27H27N3S2/c1-2-3-11-22-20-9-6-10-21(20)23-24-25(32-26(23)30-22)27(29-16-28-24)31-15-17-12-13-18-7-4-5-8-19(18)14-17/h4-5,7-8,12-14,16,23,26H,2-3,6,9-11,15H2,1H3/t23-,26-/m1/s1. The summed E-state index contributed by atoms with van der Waals surface area (Å²) < 4.78 is 0. The Balaban J connectivity index is 1.28. The molecule has 2 atom stereocenters. The molecule has 0 radical (unpaired) electrons. The molecule has 0 saturated carbocycles. The van der Waals surface area contributed by atoms with Gasteiger partial charge in [0.05, 0.1) is 16.5 Å². The lowest BCUT2D eigenvalue weighted by Crippen LogP contribution is -2.21. The van der Waals surface area contributed by atoms with Crippen molar-refractivity contribution in [2.45, 2.75) is 72.4 Å². The molecule has 3 heterocycles. The van der Waals surface area contributed by atoms with E-state index in [9.17, 15) is 0 Å². The van der Waals surface area contributed by atoms with Crippen LogP contribution in [0.1, 0.15) is 62.6 Å². The van der Waals surface area contributed by atoms with Crippen LogP contribution in [0, 0.1) is 0 Å². The molecule has 1 aromatic heterocycles. The van der Waals surface area contributed by atoms with Crippen molar-refractivity contribution in [1.82, 2.24) is 9.97 Å². The highest BCUT2D eigenvalue weighted by atomic mass is 32.2. The minimum absolute atomic E-state index is 0.255. The highest BCUT2D eigenvalue weighted by Gasteiger charge is 2.43. The summed E-state index contributed by atoms with van der Waals surface area (Å²) in [6, 6.07) is 15.3. The van der Waals surface area contributed by atoms with Gasteiger partial charge in [0.25, 0.3) is 0 Å². The molecule has 0 N–H and O–H groups in total. The van der Waals surface area contributed by atoms with E-state index < -0.39 is 0 Å². The van der Waals surface area contributed by atoms with Crippen LogP contribution in [-0.2, 0) is 5.75 Å². The molecule has 32 heavy (non-hydrogen) atoms. The molecule has 3 nitrogen and oxygen atoms in total. The highest BCUT2D eigenvalue weighted by Crippen LogP contribution is 2.56. The highest BCUT2D eigenvalue weighted by molar-refractivity contribution is 8.02. The second-order valence-corrected chi connectivity index (χ2v) is 11.0. The van der Waals surface area contributed by atoms with Gasteiger partial charge < -0.3 is 0 Å². The third-order valence-electron chi connectivity index (χ3n) is 6.84. The zero-order chi connectivity index (χ0) is 21.5. The molecule has 2 aliphatic heterocycles. The minimum Gasteiger partial charge on any atom is -0.274 e. The number of unbranched alkanes of at least 4 members (excludes halogenated alkanes) is 1. The molecule has 0 spiro atoms. The van der Waals surface area contributed by atoms with Crippen molar-refractivity contribution in [3.8, 4) is 0 Å². The third kappa shape index (κ3) is 3.60. The molecule has 0 fully saturated rings. The van der Waals surface area contributed by atoms with Crippen molar-refractivity contribution in [2.75, 3.05) is 0 Å². The molecule has 0 saturated heterocycles. The quantitative estimate of drug-likeness (QED) is 0.283. The Bertz CT molecular complexity index is 1250. The first-order chi connectivity index (χ1) is 15.8. The van der Waals surface area contributed by atoms with Crippen molar-refractivity contribution in [3.63, 3.8) is 0 Å². The Morgan fingerprint density at radius 1 is 1.06 bits per heavy atom. The Morgan fingerprint density at radius 2 is 1.97 bits per heavy atom. The fourth-order valence-corrected chi connectivity index (χ4v) is 7.74. The summed E-state index contributed by atoms with van der Waals surface area (Å²) in [4.78, 5) is 16.1. The van der Waals surface area contributed by atoms with E-state index in [1.807, 2.05) is 23.5 Å². The molecule has 5 heteroatoms. The van der Waals surface area contributed by atoms with E-state index in [0.29, 0.717) is 5.92 Å². The number of rotatable bonds is 6. The maximum atomic E-state index is 5.28. The molecular weight excluding hydrogens is 430 g/mol. The van der Waals surface area contributed by atoms with Gasteiger partial charge in [-0.3, -0.25) is 4.99 Å². The predicted molar refractivity (Wildman–Crippen MR) is 136 cm³/mol. The Kier molecular flexibility index (Phi) is 5.56. The maximum Gasteiger partial charge on any atom is 0.117 e. The van der Waals surface area contributed by atoms with E-state index in [1.54, 1.807) is 17.5 Å². The topological polar surface area (TPSA) is 38.1 Å². The fourth-order valence-electron chi connectivity index (χ4n) is 5.28. The monoisotopic (exact) mass is 457 g/mol. The summed E-state index contributed by atoms with van der Waals surface area (Å²) in [7, 11) is 0. The van der Waals surface area contributed by atoms with Crippen LogP contribution in [0.5, 0.6) is 0 Å². The van der Waals surface area contributed by atoms with Crippen LogP contribution in [0.3, 0.4) is 0 Å². The van der Waals surface area contributed by atoms with Gasteiger partial charge in [-0.05, 0) is 54.0 Å². The number of fused-ring (bicyclic) bond motifs is 5. The van der Waals surface area contributed by atoms with E-state index in [0.717, 1.165) is 17.2 Å². The molecule has 0 amide bonds. The van der Waals surface area contributed by atoms with Gasteiger partial charge in [-0.1, -0.05) is 73.1 Å². The first-order valence-corrected chi connectivity index (χ1v) is 13.6. The number of nitrogens with zero attached hydrogens (tertiary/aromatic N) is 3. The normalized spacial score (nSPS) is 21.5. The summed E-state index contributed by atoms with van der Waals surface area (Å²) in [5.41, 5.74) is 7.15. The number of dihydropyridines is 1. The van der Waals surface area contributed by atoms with Gasteiger partial charge in [0, 0.05) is 11.5 Å². The van der Waals surface area contributed by atoms with Gasteiger partial charge in [-0.25, -0.2) is 9.97 Å². The van der Waals surface area contributed by atoms with Gasteiger partial charge in [0.1, 0.15) is 16.7 Å². The average Bonchev–Trinajstić information content (AvgIpc) is 3.45. The predicted octanol–water partition coefficient (Wildman–Crippen LogP) is 7.56. The van der Waals surface area contributed by atoms with Crippen LogP contribution in [-0.4, -0.2) is 21.1 Å². The minimum atomic E-state index is 0.255. The number of aromatic nitrogens is 2. The molecule has 0 unspecified atom stereocenters. The summed E-state index contributed by atoms with van der Waals surface area (Å²) in [5.74, 6) is 1.28. The summed E-state index contributed by atoms with van der Waals surface area (Å²) >= 11 is 3.74. The Labute approximate surface area is 198 Å². The van der Waals surface area contributed by atoms with E-state index in [4.69, 9.17) is 15.0 Å². The van der Waals surface area contributed by atoms with Gasteiger partial charge in [-0.15, -0.1) is 11.8 Å². The molecule has 6 rings (SSSR count). The number of hydrogen-bond donors (Lipinski definition) is 0. The second kappa shape index (κ2) is 8.68. The smallest absolute Gasteiger partial charge is 0.117 e. The molecule has 162 valence electrons. The fraction of sp³-hybridized carbons (Fsp3) is 0.370. The maximum absolute atomic E-state index is 5.28. The van der Waals surface area contributed by atoms with Crippen molar-refractivity contribution in [1.29, 1.82) is 0 Å². The molecule has 1 aliphatic carbocycles. The summed E-state index contributed by atoms with van der Waals surface area (Å²) in [5, 5.41) is 3.97. The van der Waals surface area contributed by atoms with Gasteiger partial charge in [0.15, 0.2) is 0 Å². The second-order valence-electron chi connectivity index (χ2n) is 8.89. The molecule has 3 aromatic rings. The lowest BCUT2D eigenvalue weighted by molar-refractivity contribution is 0.687. The van der Waals surface area contributed by atoms with Crippen LogP contribution in [0.15, 0.2) is 74.9 Å². The first kappa shape index (κ1) is 20.5. The van der Waals surface area contributed by atoms with Crippen molar-refractivity contribution < 1.29 is 0 Å². The van der Waals surface area contributed by atoms with Gasteiger partial charge >= 0.3 is 0 Å². The third-order valence-corrected chi connectivity index (χ3v) is 9.29. The largest absolute Gasteiger partial charge is 0.274 e. The molecule has 0 bridgehead atoms. The van der Waals surface area contributed by atoms with Crippen molar-refractivity contribution in [3.05, 3.63) is 71.2 Å². The van der Waals surface area contributed by atoms with Crippen LogP contribution in [0.4, 0.5) is 0 Å². The number of thioether (sulfide) groups is 2. The molecule has 2 aromatic carbocycles. The first-order valence-electron chi connectivity index (χ1n) is 11.7. The number of aliphatic imine (C=N–C) groups is 1. The van der Waals surface area contributed by atoms with E-state index in [1.165, 1.54) is 64.7 Å². The number of hydrogen-bond acceptors (Lipinski definition) is 5. The van der Waals surface area contributed by atoms with Crippen LogP contribution >= 0.6 is 23.5 Å². The van der Waals surface area contributed by atoms with Gasteiger partial charge in [0.2, 0.25) is 0 Å². The van der Waals surface area contributed by atoms with Crippen LogP contribution in [0.2, 0.25) is 0 Å². The van der Waals surface area contributed by atoms with E-state index >= 15 is 0 Å². The summed E-state index contributed by atoms with van der Waals surface area (Å²) in [6.45, 7) is 2.27. The van der Waals surface area contributed by atoms with Crippen molar-refractivity contribution in [2.24, 2.45) is 4.99 Å². The lowest BCUT2D eigenvalue weighted by atomic mass is 9.87. The van der Waals surface area contributed by atoms with E-state index in [2.05, 4.69) is 49.4 Å². The van der Waals surface area contributed by atoms with Crippen molar-refractivity contribution >= 4 is 40.0 Å². The zero-order valence-corrected chi connectivity index (χ0v) is 20.0. The average molecular weight is 458 g/mol. The Morgan fingerprint density at radius 3 is 2.88 bits per heavy atom. The van der Waals surface area contributed by atoms with Crippen LogP contribution < -0.4 is 0 Å². The SMILES string of the molecule is CCCCC1=N[C@@H]2Sc3c(SCc4ccc5ccccc5c4)ncnc3[C@H]2C2=C1CCC2. The molecular formula is C27H27N3S2. The number of allylic oxidation sites excluding steroid dienone is 1. The van der Waals surface area contributed by atoms with E-state index in [-0.39, 0.29) is 5.37 Å². The van der Waals surface area contributed by atoms with Crippen LogP contribution in [0.25, 0.3) is 10.8 Å².